The van der Waals surface area contributed by atoms with Crippen LogP contribution in [0, 0.1) is 11.7 Å². The van der Waals surface area contributed by atoms with Gasteiger partial charge in [0.05, 0.1) is 6.61 Å². The number of carbonyl (C=O) groups is 1. The van der Waals surface area contributed by atoms with Crippen molar-refractivity contribution in [1.82, 2.24) is 14.8 Å². The fourth-order valence-corrected chi connectivity index (χ4v) is 4.41. The second kappa shape index (κ2) is 9.73. The molecule has 162 valence electrons. The van der Waals surface area contributed by atoms with E-state index in [0.717, 1.165) is 25.2 Å². The van der Waals surface area contributed by atoms with Crippen molar-refractivity contribution in [2.24, 2.45) is 5.92 Å². The van der Waals surface area contributed by atoms with Gasteiger partial charge in [0.25, 0.3) is 11.5 Å². The number of aromatic nitrogens is 1. The third kappa shape index (κ3) is 4.43. The molecule has 1 amide bonds. The van der Waals surface area contributed by atoms with Crippen LogP contribution in [0.15, 0.2) is 41.2 Å². The van der Waals surface area contributed by atoms with Crippen molar-refractivity contribution in [1.29, 1.82) is 0 Å². The van der Waals surface area contributed by atoms with Crippen LogP contribution in [0.3, 0.4) is 0 Å². The van der Waals surface area contributed by atoms with E-state index in [1.54, 1.807) is 35.9 Å². The van der Waals surface area contributed by atoms with E-state index >= 15 is 0 Å². The maximum atomic E-state index is 14.1. The van der Waals surface area contributed by atoms with Gasteiger partial charge in [-0.1, -0.05) is 18.2 Å². The lowest BCUT2D eigenvalue weighted by Gasteiger charge is -2.37. The number of benzene rings is 1. The number of pyridine rings is 1. The number of piperidine rings is 1. The highest BCUT2D eigenvalue weighted by molar-refractivity contribution is 5.94. The fraction of sp³-hybridized carbons (Fsp3) is 0.455. The van der Waals surface area contributed by atoms with Gasteiger partial charge in [0.15, 0.2) is 0 Å². The Hall–Kier alpha value is -2.22. The molecule has 1 fully saturated rings. The largest absolute Gasteiger partial charge is 0.383 e. The topological polar surface area (TPSA) is 63.6 Å². The molecule has 1 aromatic heterocycles. The normalized spacial score (nSPS) is 19.5. The molecule has 0 unspecified atom stereocenters. The van der Waals surface area contributed by atoms with Gasteiger partial charge in [-0.2, -0.15) is 0 Å². The molecule has 2 aromatic rings. The van der Waals surface area contributed by atoms with Crippen molar-refractivity contribution in [3.05, 3.63) is 69.4 Å². The lowest BCUT2D eigenvalue weighted by molar-refractivity contribution is 0.0675. The van der Waals surface area contributed by atoms with Gasteiger partial charge in [-0.25, -0.2) is 4.39 Å². The summed E-state index contributed by atoms with van der Waals surface area (Å²) in [6.45, 7) is 3.06. The fourth-order valence-electron chi connectivity index (χ4n) is 4.41. The Morgan fingerprint density at radius 1 is 1.27 bits per heavy atom. The molecule has 1 aromatic carbocycles. The van der Waals surface area contributed by atoms with Gasteiger partial charge >= 0.3 is 0 Å². The first-order valence-electron chi connectivity index (χ1n) is 10.0. The Kier molecular flexibility index (Phi) is 7.28. The van der Waals surface area contributed by atoms with Gasteiger partial charge in [0.2, 0.25) is 0 Å². The number of rotatable bonds is 6. The first-order valence-corrected chi connectivity index (χ1v) is 10.0. The summed E-state index contributed by atoms with van der Waals surface area (Å²) in [7, 11) is 1.55. The molecule has 30 heavy (non-hydrogen) atoms. The van der Waals surface area contributed by atoms with Gasteiger partial charge in [-0.05, 0) is 37.1 Å². The van der Waals surface area contributed by atoms with E-state index in [0.29, 0.717) is 30.6 Å². The molecule has 1 saturated heterocycles. The van der Waals surface area contributed by atoms with Crippen LogP contribution in [0.1, 0.15) is 34.0 Å². The highest BCUT2D eigenvalue weighted by Gasteiger charge is 2.32. The maximum Gasteiger partial charge on any atom is 0.263 e. The van der Waals surface area contributed by atoms with Crippen LogP contribution in [-0.2, 0) is 17.8 Å². The number of methoxy groups -OCH3 is 1. The second-order valence-corrected chi connectivity index (χ2v) is 7.86. The molecule has 0 radical (unpaired) electrons. The number of nitrogens with one attached hydrogen (secondary N) is 1. The first-order chi connectivity index (χ1) is 14.1. The molecule has 2 aliphatic rings. The Morgan fingerprint density at radius 3 is 2.83 bits per heavy atom. The average Bonchev–Trinajstić information content (AvgIpc) is 2.73. The summed E-state index contributed by atoms with van der Waals surface area (Å²) in [6, 6.07) is 9.90. The zero-order valence-electron chi connectivity index (χ0n) is 17.0. The maximum absolute atomic E-state index is 14.1. The average molecular weight is 436 g/mol. The summed E-state index contributed by atoms with van der Waals surface area (Å²) >= 11 is 0. The molecular formula is C22H27ClFN3O3. The third-order valence-corrected chi connectivity index (χ3v) is 5.91. The van der Waals surface area contributed by atoms with Crippen molar-refractivity contribution in [3.63, 3.8) is 0 Å². The number of ether oxygens (including phenoxy) is 1. The van der Waals surface area contributed by atoms with Gasteiger partial charge < -0.3 is 19.5 Å². The molecule has 0 saturated carbocycles. The first kappa shape index (κ1) is 22.5. The van der Waals surface area contributed by atoms with E-state index in [2.05, 4.69) is 5.32 Å². The second-order valence-electron chi connectivity index (χ2n) is 7.86. The predicted octanol–water partition coefficient (Wildman–Crippen LogP) is 2.40. The number of amides is 1. The Bertz CT molecular complexity index is 965. The lowest BCUT2D eigenvalue weighted by atomic mass is 9.84. The van der Waals surface area contributed by atoms with Crippen LogP contribution in [0.2, 0.25) is 0 Å². The molecule has 0 aliphatic carbocycles. The minimum atomic E-state index is -0.389. The highest BCUT2D eigenvalue weighted by Crippen LogP contribution is 2.31. The zero-order valence-corrected chi connectivity index (χ0v) is 17.8. The summed E-state index contributed by atoms with van der Waals surface area (Å²) < 4.78 is 21.0. The third-order valence-electron chi connectivity index (χ3n) is 5.91. The van der Waals surface area contributed by atoms with E-state index in [9.17, 15) is 14.0 Å². The molecule has 2 atom stereocenters. The van der Waals surface area contributed by atoms with Gasteiger partial charge in [-0.3, -0.25) is 9.59 Å². The van der Waals surface area contributed by atoms with Gasteiger partial charge in [0, 0.05) is 50.5 Å². The Morgan fingerprint density at radius 2 is 2.07 bits per heavy atom. The van der Waals surface area contributed by atoms with E-state index in [1.165, 1.54) is 11.0 Å². The quantitative estimate of drug-likeness (QED) is 0.756. The molecule has 6 nitrogen and oxygen atoms in total. The highest BCUT2D eigenvalue weighted by atomic mass is 35.5. The number of nitrogens with zero attached hydrogens (tertiary/aromatic N) is 2. The van der Waals surface area contributed by atoms with Crippen LogP contribution < -0.4 is 10.9 Å². The van der Waals surface area contributed by atoms with Crippen LogP contribution >= 0.6 is 12.4 Å². The molecule has 2 bridgehead atoms. The van der Waals surface area contributed by atoms with Crippen LogP contribution in [0.5, 0.6) is 0 Å². The summed E-state index contributed by atoms with van der Waals surface area (Å²) in [5.41, 5.74) is 1.29. The number of hydrogen-bond acceptors (Lipinski definition) is 4. The lowest BCUT2D eigenvalue weighted by Crippen LogP contribution is -2.46. The molecule has 3 heterocycles. The van der Waals surface area contributed by atoms with Crippen molar-refractivity contribution in [3.8, 4) is 0 Å². The van der Waals surface area contributed by atoms with E-state index in [4.69, 9.17) is 4.74 Å². The zero-order chi connectivity index (χ0) is 20.4. The van der Waals surface area contributed by atoms with E-state index in [1.807, 2.05) is 6.07 Å². The van der Waals surface area contributed by atoms with E-state index < -0.39 is 0 Å². The van der Waals surface area contributed by atoms with Crippen LogP contribution in [0.4, 0.5) is 4.39 Å². The van der Waals surface area contributed by atoms with Crippen LogP contribution in [-0.4, -0.2) is 48.7 Å². The molecule has 0 spiro atoms. The minimum Gasteiger partial charge on any atom is -0.383 e. The summed E-state index contributed by atoms with van der Waals surface area (Å²) in [4.78, 5) is 27.9. The van der Waals surface area contributed by atoms with Crippen molar-refractivity contribution >= 4 is 18.3 Å². The molecule has 1 N–H and O–H groups in total. The SMILES string of the molecule is COCCN(Cc1ccccc1F)C(=O)c1ccc2n(c1=O)C[C@@H]1CNC[C@H]2C1.Cl. The van der Waals surface area contributed by atoms with Crippen LogP contribution in [0.25, 0.3) is 0 Å². The van der Waals surface area contributed by atoms with Crippen molar-refractivity contribution in [2.75, 3.05) is 33.4 Å². The van der Waals surface area contributed by atoms with Crippen molar-refractivity contribution in [2.45, 2.75) is 25.4 Å². The summed E-state index contributed by atoms with van der Waals surface area (Å²) in [5, 5.41) is 3.42. The number of fused-ring (bicyclic) bond motifs is 4. The number of halogens is 2. The molecule has 4 rings (SSSR count). The molecule has 2 aliphatic heterocycles. The summed E-state index contributed by atoms with van der Waals surface area (Å²) in [5.74, 6) is -0.0423. The molecule has 8 heteroatoms. The standard InChI is InChI=1S/C22H26FN3O3.ClH/c1-29-9-8-25(14-16-4-2-3-5-19(16)23)21(27)18-6-7-20-17-10-15(11-24-12-17)13-26(20)22(18)28;/h2-7,15,17,24H,8-14H2,1H3;1H/t15-,17+;/m0./s1. The van der Waals surface area contributed by atoms with Gasteiger partial charge in [0.1, 0.15) is 11.4 Å². The Labute approximate surface area is 181 Å². The smallest absolute Gasteiger partial charge is 0.263 e. The minimum absolute atomic E-state index is 0. The van der Waals surface area contributed by atoms with Crippen molar-refractivity contribution < 1.29 is 13.9 Å². The predicted molar refractivity (Wildman–Crippen MR) is 115 cm³/mol. The van der Waals surface area contributed by atoms with Gasteiger partial charge in [-0.15, -0.1) is 12.4 Å². The number of hydrogen-bond donors (Lipinski definition) is 1. The summed E-state index contributed by atoms with van der Waals surface area (Å²) in [6.07, 6.45) is 1.08. The van der Waals surface area contributed by atoms with E-state index in [-0.39, 0.29) is 48.3 Å². The Balaban J connectivity index is 0.00000256. The molecular weight excluding hydrogens is 409 g/mol. The number of carbonyl (C=O) groups excluding carboxylic acids is 1. The monoisotopic (exact) mass is 435 g/mol.